The summed E-state index contributed by atoms with van der Waals surface area (Å²) < 4.78 is 56.0. The second-order valence-corrected chi connectivity index (χ2v) is 4.56. The molecular formula is C15H12F4N2O2. The summed E-state index contributed by atoms with van der Waals surface area (Å²) in [6.07, 6.45) is -1.82. The van der Waals surface area contributed by atoms with Gasteiger partial charge in [0.15, 0.2) is 0 Å². The van der Waals surface area contributed by atoms with Crippen molar-refractivity contribution in [2.45, 2.75) is 12.7 Å². The van der Waals surface area contributed by atoms with Crippen molar-refractivity contribution < 1.29 is 27.1 Å². The molecular weight excluding hydrogens is 316 g/mol. The number of carbonyl (C=O) groups excluding carboxylic acids is 1. The molecule has 1 aromatic carbocycles. The number of methoxy groups -OCH3 is 1. The van der Waals surface area contributed by atoms with E-state index < -0.39 is 23.5 Å². The Morgan fingerprint density at radius 2 is 2.04 bits per heavy atom. The van der Waals surface area contributed by atoms with Gasteiger partial charge in [-0.25, -0.2) is 4.39 Å². The molecule has 1 heterocycles. The molecule has 2 aromatic rings. The lowest BCUT2D eigenvalue weighted by Crippen LogP contribution is -2.23. The lowest BCUT2D eigenvalue weighted by Gasteiger charge is -2.11. The molecule has 0 spiro atoms. The van der Waals surface area contributed by atoms with E-state index in [4.69, 9.17) is 4.74 Å². The van der Waals surface area contributed by atoms with E-state index in [0.29, 0.717) is 23.4 Å². The molecule has 1 amide bonds. The maximum Gasteiger partial charge on any atom is 0.419 e. The fourth-order valence-electron chi connectivity index (χ4n) is 1.91. The quantitative estimate of drug-likeness (QED) is 0.877. The average Bonchev–Trinajstić information content (AvgIpc) is 2.51. The van der Waals surface area contributed by atoms with Gasteiger partial charge in [-0.2, -0.15) is 13.2 Å². The van der Waals surface area contributed by atoms with E-state index in [1.165, 1.54) is 19.5 Å². The number of pyridine rings is 1. The molecule has 4 nitrogen and oxygen atoms in total. The largest absolute Gasteiger partial charge is 0.496 e. The number of carbonyl (C=O) groups is 1. The normalized spacial score (nSPS) is 11.2. The lowest BCUT2D eigenvalue weighted by molar-refractivity contribution is -0.140. The fraction of sp³-hybridized carbons (Fsp3) is 0.200. The molecule has 23 heavy (non-hydrogen) atoms. The van der Waals surface area contributed by atoms with Crippen molar-refractivity contribution in [3.8, 4) is 5.75 Å². The highest BCUT2D eigenvalue weighted by molar-refractivity contribution is 5.94. The topological polar surface area (TPSA) is 51.2 Å². The molecule has 0 atom stereocenters. The smallest absolute Gasteiger partial charge is 0.419 e. The van der Waals surface area contributed by atoms with Gasteiger partial charge in [-0.3, -0.25) is 9.78 Å². The Labute approximate surface area is 129 Å². The molecule has 2 rings (SSSR count). The third-order valence-electron chi connectivity index (χ3n) is 3.05. The highest BCUT2D eigenvalue weighted by atomic mass is 19.4. The van der Waals surface area contributed by atoms with Gasteiger partial charge < -0.3 is 10.1 Å². The van der Waals surface area contributed by atoms with Gasteiger partial charge in [0.1, 0.15) is 11.6 Å². The van der Waals surface area contributed by atoms with E-state index in [-0.39, 0.29) is 12.1 Å². The van der Waals surface area contributed by atoms with E-state index in [2.05, 4.69) is 10.3 Å². The predicted octanol–water partition coefficient (Wildman–Crippen LogP) is 3.18. The molecule has 0 saturated carbocycles. The van der Waals surface area contributed by atoms with Crippen molar-refractivity contribution in [2.24, 2.45) is 0 Å². The molecule has 0 unspecified atom stereocenters. The Morgan fingerprint density at radius 1 is 1.30 bits per heavy atom. The Kier molecular flexibility index (Phi) is 4.83. The minimum absolute atomic E-state index is 0.0402. The van der Waals surface area contributed by atoms with Gasteiger partial charge in [0.2, 0.25) is 0 Å². The fourth-order valence-corrected chi connectivity index (χ4v) is 1.91. The Bertz CT molecular complexity index is 717. The maximum atomic E-state index is 13.5. The summed E-state index contributed by atoms with van der Waals surface area (Å²) in [5.41, 5.74) is -1.04. The first-order valence-corrected chi connectivity index (χ1v) is 6.44. The number of alkyl halides is 3. The van der Waals surface area contributed by atoms with Crippen LogP contribution in [0.4, 0.5) is 17.6 Å². The van der Waals surface area contributed by atoms with Crippen LogP contribution in [0.3, 0.4) is 0 Å². The van der Waals surface area contributed by atoms with Gasteiger partial charge in [-0.05, 0) is 24.3 Å². The number of benzene rings is 1. The minimum Gasteiger partial charge on any atom is -0.496 e. The van der Waals surface area contributed by atoms with Crippen molar-refractivity contribution in [3.63, 3.8) is 0 Å². The van der Waals surface area contributed by atoms with Gasteiger partial charge in [0.25, 0.3) is 5.91 Å². The molecule has 8 heteroatoms. The first kappa shape index (κ1) is 16.7. The van der Waals surface area contributed by atoms with Crippen LogP contribution >= 0.6 is 0 Å². The highest BCUT2D eigenvalue weighted by Crippen LogP contribution is 2.31. The number of rotatable bonds is 4. The summed E-state index contributed by atoms with van der Waals surface area (Å²) in [6, 6.07) is 3.61. The van der Waals surface area contributed by atoms with Crippen LogP contribution in [-0.4, -0.2) is 18.0 Å². The van der Waals surface area contributed by atoms with Crippen LogP contribution in [0, 0.1) is 5.82 Å². The van der Waals surface area contributed by atoms with Crippen LogP contribution in [0.2, 0.25) is 0 Å². The zero-order valence-electron chi connectivity index (χ0n) is 11.9. The zero-order valence-corrected chi connectivity index (χ0v) is 11.9. The molecule has 122 valence electrons. The number of amides is 1. The Morgan fingerprint density at radius 3 is 2.65 bits per heavy atom. The summed E-state index contributed by atoms with van der Waals surface area (Å²) in [6.45, 7) is 0.0402. The molecule has 0 aliphatic heterocycles. The standard InChI is InChI=1S/C15H12F4N2O2/c1-23-13-4-5-20-7-10(13)8-21-14(22)9-2-3-11(12(16)6-9)15(17,18)19/h2-7H,8H2,1H3,(H,21,22). The molecule has 0 saturated heterocycles. The van der Waals surface area contributed by atoms with Crippen LogP contribution < -0.4 is 10.1 Å². The maximum absolute atomic E-state index is 13.5. The number of hydrogen-bond donors (Lipinski definition) is 1. The lowest BCUT2D eigenvalue weighted by atomic mass is 10.1. The molecule has 0 fully saturated rings. The van der Waals surface area contributed by atoms with Crippen LogP contribution in [0.25, 0.3) is 0 Å². The zero-order chi connectivity index (χ0) is 17.0. The van der Waals surface area contributed by atoms with E-state index >= 15 is 0 Å². The predicted molar refractivity (Wildman–Crippen MR) is 73.4 cm³/mol. The highest BCUT2D eigenvalue weighted by Gasteiger charge is 2.34. The Balaban J connectivity index is 2.11. The third kappa shape index (κ3) is 3.97. The molecule has 0 aliphatic carbocycles. The van der Waals surface area contributed by atoms with Crippen molar-refractivity contribution in [3.05, 3.63) is 59.2 Å². The summed E-state index contributed by atoms with van der Waals surface area (Å²) >= 11 is 0. The molecule has 0 radical (unpaired) electrons. The van der Waals surface area contributed by atoms with E-state index in [9.17, 15) is 22.4 Å². The summed E-state index contributed by atoms with van der Waals surface area (Å²) in [5.74, 6) is -1.70. The van der Waals surface area contributed by atoms with Crippen molar-refractivity contribution >= 4 is 5.91 Å². The van der Waals surface area contributed by atoms with E-state index in [0.717, 1.165) is 6.07 Å². The van der Waals surface area contributed by atoms with E-state index in [1.54, 1.807) is 6.07 Å². The SMILES string of the molecule is COc1ccncc1CNC(=O)c1ccc(C(F)(F)F)c(F)c1. The van der Waals surface area contributed by atoms with Crippen molar-refractivity contribution in [1.29, 1.82) is 0 Å². The number of nitrogens with zero attached hydrogens (tertiary/aromatic N) is 1. The van der Waals surface area contributed by atoms with Gasteiger partial charge in [-0.15, -0.1) is 0 Å². The van der Waals surface area contributed by atoms with Crippen LogP contribution in [0.15, 0.2) is 36.7 Å². The summed E-state index contributed by atoms with van der Waals surface area (Å²) in [7, 11) is 1.45. The molecule has 0 bridgehead atoms. The minimum atomic E-state index is -4.80. The van der Waals surface area contributed by atoms with Gasteiger partial charge in [-0.1, -0.05) is 0 Å². The number of halogens is 4. The van der Waals surface area contributed by atoms with Crippen LogP contribution in [0.1, 0.15) is 21.5 Å². The van der Waals surface area contributed by atoms with Crippen molar-refractivity contribution in [1.82, 2.24) is 10.3 Å². The van der Waals surface area contributed by atoms with Crippen LogP contribution in [0.5, 0.6) is 5.75 Å². The monoisotopic (exact) mass is 328 g/mol. The van der Waals surface area contributed by atoms with E-state index in [1.807, 2.05) is 0 Å². The van der Waals surface area contributed by atoms with Crippen LogP contribution in [-0.2, 0) is 12.7 Å². The number of aromatic nitrogens is 1. The number of nitrogens with one attached hydrogen (secondary N) is 1. The second-order valence-electron chi connectivity index (χ2n) is 4.56. The summed E-state index contributed by atoms with van der Waals surface area (Å²) in [4.78, 5) is 15.8. The molecule has 1 N–H and O–H groups in total. The third-order valence-corrected chi connectivity index (χ3v) is 3.05. The number of hydrogen-bond acceptors (Lipinski definition) is 3. The first-order valence-electron chi connectivity index (χ1n) is 6.44. The van der Waals surface area contributed by atoms with Gasteiger partial charge >= 0.3 is 6.18 Å². The van der Waals surface area contributed by atoms with Crippen molar-refractivity contribution in [2.75, 3.05) is 7.11 Å². The summed E-state index contributed by atoms with van der Waals surface area (Å²) in [5, 5.41) is 2.47. The number of ether oxygens (including phenoxy) is 1. The van der Waals surface area contributed by atoms with Gasteiger partial charge in [0.05, 0.1) is 12.7 Å². The van der Waals surface area contributed by atoms with Gasteiger partial charge in [0, 0.05) is 30.1 Å². The first-order chi connectivity index (χ1) is 10.8. The molecule has 0 aliphatic rings. The average molecular weight is 328 g/mol. The molecule has 1 aromatic heterocycles. The Hall–Kier alpha value is -2.64. The second kappa shape index (κ2) is 6.64.